The van der Waals surface area contributed by atoms with E-state index in [0.29, 0.717) is 0 Å². The van der Waals surface area contributed by atoms with Crippen LogP contribution in [0.4, 0.5) is 0 Å². The highest BCUT2D eigenvalue weighted by Gasteiger charge is 2.21. The Kier molecular flexibility index (Phi) is 6.27. The number of piperidine rings is 1. The molecule has 0 spiro atoms. The van der Waals surface area contributed by atoms with Crippen LogP contribution < -0.4 is 0 Å². The van der Waals surface area contributed by atoms with Gasteiger partial charge >= 0.3 is 0 Å². The lowest BCUT2D eigenvalue weighted by Crippen LogP contribution is -2.40. The van der Waals surface area contributed by atoms with Crippen LogP contribution >= 0.6 is 0 Å². The van der Waals surface area contributed by atoms with E-state index in [-0.39, 0.29) is 0 Å². The zero-order valence-electron chi connectivity index (χ0n) is 14.1. The van der Waals surface area contributed by atoms with E-state index in [9.17, 15) is 0 Å². The molecule has 0 amide bonds. The van der Waals surface area contributed by atoms with Crippen molar-refractivity contribution in [2.24, 2.45) is 0 Å². The third-order valence-electron chi connectivity index (χ3n) is 5.03. The Bertz CT molecular complexity index is 535. The van der Waals surface area contributed by atoms with Gasteiger partial charge in [0.05, 0.1) is 6.33 Å². The third-order valence-corrected chi connectivity index (χ3v) is 5.03. The summed E-state index contributed by atoms with van der Waals surface area (Å²) in [4.78, 5) is 6.89. The highest BCUT2D eigenvalue weighted by atomic mass is 15.2. The first-order valence-corrected chi connectivity index (χ1v) is 9.15. The minimum Gasteiger partial charge on any atom is -0.337 e. The van der Waals surface area contributed by atoms with Crippen LogP contribution in [0, 0.1) is 0 Å². The van der Waals surface area contributed by atoms with Crippen LogP contribution in [-0.4, -0.2) is 33.6 Å². The third kappa shape index (κ3) is 5.21. The summed E-state index contributed by atoms with van der Waals surface area (Å²) in [6.07, 6.45) is 15.1. The Balaban J connectivity index is 1.39. The minimum absolute atomic E-state index is 0.767. The smallest absolute Gasteiger partial charge is 0.0945 e. The molecule has 124 valence electrons. The van der Waals surface area contributed by atoms with Crippen LogP contribution in [0.15, 0.2) is 49.1 Å². The summed E-state index contributed by atoms with van der Waals surface area (Å²) >= 11 is 0. The molecule has 1 aliphatic heterocycles. The summed E-state index contributed by atoms with van der Waals surface area (Å²) in [5.74, 6) is 0. The Labute approximate surface area is 140 Å². The molecule has 1 aromatic carbocycles. The van der Waals surface area contributed by atoms with Crippen molar-refractivity contribution in [1.29, 1.82) is 0 Å². The molecule has 2 aromatic rings. The Morgan fingerprint density at radius 1 is 1.04 bits per heavy atom. The molecule has 2 heterocycles. The number of hydrogen-bond donors (Lipinski definition) is 0. The number of imidazole rings is 1. The van der Waals surface area contributed by atoms with E-state index in [4.69, 9.17) is 0 Å². The Morgan fingerprint density at radius 2 is 1.96 bits per heavy atom. The number of hydrogen-bond acceptors (Lipinski definition) is 2. The number of benzene rings is 1. The standard InChI is InChI=1S/C20H29N3/c1-2-8-19(9-3-1)10-4-6-14-23-15-7-5-11-20(23)12-16-22-17-13-21-18-22/h1-3,8-9,13,17-18,20H,4-7,10-12,14-16H2. The Hall–Kier alpha value is -1.61. The zero-order chi connectivity index (χ0) is 15.7. The van der Waals surface area contributed by atoms with Crippen molar-refractivity contribution in [1.82, 2.24) is 14.5 Å². The molecular formula is C20H29N3. The lowest BCUT2D eigenvalue weighted by atomic mass is 9.98. The molecule has 3 nitrogen and oxygen atoms in total. The van der Waals surface area contributed by atoms with Gasteiger partial charge in [0, 0.05) is 25.0 Å². The van der Waals surface area contributed by atoms with Gasteiger partial charge in [-0.05, 0) is 57.2 Å². The normalized spacial score (nSPS) is 19.0. The molecule has 3 heteroatoms. The van der Waals surface area contributed by atoms with Gasteiger partial charge in [-0.25, -0.2) is 4.98 Å². The predicted molar refractivity (Wildman–Crippen MR) is 95.4 cm³/mol. The molecule has 1 unspecified atom stereocenters. The second kappa shape index (κ2) is 8.88. The highest BCUT2D eigenvalue weighted by molar-refractivity contribution is 5.14. The van der Waals surface area contributed by atoms with Crippen LogP contribution in [0.2, 0.25) is 0 Å². The van der Waals surface area contributed by atoms with Crippen molar-refractivity contribution in [3.63, 3.8) is 0 Å². The predicted octanol–water partition coefficient (Wildman–Crippen LogP) is 4.15. The number of unbranched alkanes of at least 4 members (excludes halogenated alkanes) is 1. The van der Waals surface area contributed by atoms with Crippen LogP contribution in [0.25, 0.3) is 0 Å². The van der Waals surface area contributed by atoms with Crippen molar-refractivity contribution in [2.45, 2.75) is 57.5 Å². The molecule has 1 atom stereocenters. The van der Waals surface area contributed by atoms with Crippen LogP contribution in [0.1, 0.15) is 44.1 Å². The summed E-state index contributed by atoms with van der Waals surface area (Å²) in [5.41, 5.74) is 1.47. The van der Waals surface area contributed by atoms with E-state index >= 15 is 0 Å². The molecule has 0 radical (unpaired) electrons. The van der Waals surface area contributed by atoms with Crippen LogP contribution in [-0.2, 0) is 13.0 Å². The number of rotatable bonds is 8. The van der Waals surface area contributed by atoms with E-state index in [1.165, 1.54) is 63.6 Å². The molecule has 0 bridgehead atoms. The molecule has 1 fully saturated rings. The lowest BCUT2D eigenvalue weighted by molar-refractivity contribution is 0.134. The molecule has 0 aliphatic carbocycles. The Morgan fingerprint density at radius 3 is 2.78 bits per heavy atom. The lowest BCUT2D eigenvalue weighted by Gasteiger charge is -2.36. The summed E-state index contributed by atoms with van der Waals surface area (Å²) < 4.78 is 2.21. The van der Waals surface area contributed by atoms with E-state index in [2.05, 4.69) is 51.0 Å². The molecule has 1 aliphatic rings. The fraction of sp³-hybridized carbons (Fsp3) is 0.550. The second-order valence-electron chi connectivity index (χ2n) is 6.72. The summed E-state index contributed by atoms with van der Waals surface area (Å²) in [7, 11) is 0. The SMILES string of the molecule is c1ccc(CCCCN2CCCCC2CCn2ccnc2)cc1. The average molecular weight is 311 g/mol. The molecular weight excluding hydrogens is 282 g/mol. The quantitative estimate of drug-likeness (QED) is 0.683. The van der Waals surface area contributed by atoms with Gasteiger partial charge in [-0.3, -0.25) is 0 Å². The monoisotopic (exact) mass is 311 g/mol. The molecule has 0 saturated carbocycles. The highest BCUT2D eigenvalue weighted by Crippen LogP contribution is 2.21. The fourth-order valence-corrected chi connectivity index (χ4v) is 3.69. The van der Waals surface area contributed by atoms with Crippen molar-refractivity contribution in [2.75, 3.05) is 13.1 Å². The largest absolute Gasteiger partial charge is 0.337 e. The first-order chi connectivity index (χ1) is 11.4. The molecule has 1 aromatic heterocycles. The van der Waals surface area contributed by atoms with Crippen molar-refractivity contribution in [3.8, 4) is 0 Å². The van der Waals surface area contributed by atoms with Gasteiger partial charge in [0.25, 0.3) is 0 Å². The summed E-state index contributed by atoms with van der Waals surface area (Å²) in [5, 5.41) is 0. The maximum absolute atomic E-state index is 4.14. The topological polar surface area (TPSA) is 21.1 Å². The molecule has 3 rings (SSSR count). The van der Waals surface area contributed by atoms with E-state index in [1.807, 2.05) is 12.5 Å². The van der Waals surface area contributed by atoms with Crippen molar-refractivity contribution in [3.05, 3.63) is 54.6 Å². The van der Waals surface area contributed by atoms with E-state index in [1.54, 1.807) is 0 Å². The first kappa shape index (κ1) is 16.3. The number of aryl methyl sites for hydroxylation is 2. The van der Waals surface area contributed by atoms with Gasteiger partial charge in [-0.1, -0.05) is 36.8 Å². The van der Waals surface area contributed by atoms with Gasteiger partial charge in [-0.2, -0.15) is 0 Å². The number of nitrogens with zero attached hydrogens (tertiary/aromatic N) is 3. The second-order valence-corrected chi connectivity index (χ2v) is 6.72. The number of aromatic nitrogens is 2. The molecule has 0 N–H and O–H groups in total. The van der Waals surface area contributed by atoms with Crippen molar-refractivity contribution >= 4 is 0 Å². The van der Waals surface area contributed by atoms with E-state index in [0.717, 1.165) is 12.6 Å². The van der Waals surface area contributed by atoms with Crippen molar-refractivity contribution < 1.29 is 0 Å². The number of likely N-dealkylation sites (tertiary alicyclic amines) is 1. The van der Waals surface area contributed by atoms with Crippen LogP contribution in [0.5, 0.6) is 0 Å². The van der Waals surface area contributed by atoms with Gasteiger partial charge in [0.2, 0.25) is 0 Å². The minimum atomic E-state index is 0.767. The fourth-order valence-electron chi connectivity index (χ4n) is 3.69. The van der Waals surface area contributed by atoms with Gasteiger partial charge in [0.1, 0.15) is 0 Å². The van der Waals surface area contributed by atoms with Gasteiger partial charge < -0.3 is 9.47 Å². The molecule has 23 heavy (non-hydrogen) atoms. The van der Waals surface area contributed by atoms with E-state index < -0.39 is 0 Å². The van der Waals surface area contributed by atoms with Crippen LogP contribution in [0.3, 0.4) is 0 Å². The first-order valence-electron chi connectivity index (χ1n) is 9.15. The summed E-state index contributed by atoms with van der Waals surface area (Å²) in [6, 6.07) is 11.6. The van der Waals surface area contributed by atoms with Gasteiger partial charge in [0.15, 0.2) is 0 Å². The summed E-state index contributed by atoms with van der Waals surface area (Å²) in [6.45, 7) is 3.66. The maximum Gasteiger partial charge on any atom is 0.0945 e. The van der Waals surface area contributed by atoms with Gasteiger partial charge in [-0.15, -0.1) is 0 Å². The zero-order valence-corrected chi connectivity index (χ0v) is 14.1. The molecule has 1 saturated heterocycles. The maximum atomic E-state index is 4.14. The average Bonchev–Trinajstić information content (AvgIpc) is 3.12.